The second-order valence-electron chi connectivity index (χ2n) is 4.13. The quantitative estimate of drug-likeness (QED) is 0.762. The molecule has 0 aromatic heterocycles. The molecule has 86 valence electrons. The molecule has 0 N–H and O–H groups in total. The summed E-state index contributed by atoms with van der Waals surface area (Å²) in [4.78, 5) is 2.18. The molecule has 0 atom stereocenters. The molecule has 0 unspecified atom stereocenters. The molecule has 2 rings (SSSR count). The van der Waals surface area contributed by atoms with E-state index < -0.39 is 0 Å². The first-order valence-electron chi connectivity index (χ1n) is 5.82. The largest absolute Gasteiger partial charge is 0.376 e. The average Bonchev–Trinajstić information content (AvgIpc) is 2.39. The highest BCUT2D eigenvalue weighted by Crippen LogP contribution is 2.05. The molecule has 0 bridgehead atoms. The Labute approximate surface area is 103 Å². The maximum absolute atomic E-state index is 2.18. The van der Waals surface area contributed by atoms with Gasteiger partial charge in [0.1, 0.15) is 0 Å². The third-order valence-corrected chi connectivity index (χ3v) is 2.60. The van der Waals surface area contributed by atoms with Gasteiger partial charge in [-0.3, -0.25) is 0 Å². The van der Waals surface area contributed by atoms with E-state index in [-0.39, 0.29) is 0 Å². The first-order valence-corrected chi connectivity index (χ1v) is 5.82. The third-order valence-electron chi connectivity index (χ3n) is 2.60. The summed E-state index contributed by atoms with van der Waals surface area (Å²) >= 11 is 0. The number of hydrogen-bond donors (Lipinski definition) is 0. The number of benzene rings is 2. The van der Waals surface area contributed by atoms with Gasteiger partial charge in [-0.2, -0.15) is 0 Å². The fourth-order valence-corrected chi connectivity index (χ4v) is 1.70. The Balaban J connectivity index is 1.94. The smallest absolute Gasteiger partial charge is 0.0420 e. The van der Waals surface area contributed by atoms with Crippen molar-refractivity contribution in [1.29, 1.82) is 0 Å². The van der Waals surface area contributed by atoms with Crippen molar-refractivity contribution in [2.75, 3.05) is 7.05 Å². The fraction of sp³-hybridized carbons (Fsp3) is 0.125. The van der Waals surface area contributed by atoms with Gasteiger partial charge in [-0.25, -0.2) is 0 Å². The van der Waals surface area contributed by atoms with Gasteiger partial charge in [0.25, 0.3) is 0 Å². The van der Waals surface area contributed by atoms with Gasteiger partial charge in [0, 0.05) is 13.6 Å². The van der Waals surface area contributed by atoms with E-state index in [1.165, 1.54) is 11.1 Å². The lowest BCUT2D eigenvalue weighted by Crippen LogP contribution is -2.09. The van der Waals surface area contributed by atoms with E-state index in [2.05, 4.69) is 72.8 Å². The molecule has 1 nitrogen and oxygen atoms in total. The first-order chi connectivity index (χ1) is 8.34. The third kappa shape index (κ3) is 3.80. The molecule has 0 aliphatic rings. The molecule has 1 heteroatoms. The lowest BCUT2D eigenvalue weighted by atomic mass is 10.2. The van der Waals surface area contributed by atoms with E-state index in [1.807, 2.05) is 12.1 Å². The highest BCUT2D eigenvalue weighted by Gasteiger charge is 1.93. The molecule has 0 spiro atoms. The lowest BCUT2D eigenvalue weighted by Gasteiger charge is -2.13. The molecular weight excluding hydrogens is 206 g/mol. The van der Waals surface area contributed by atoms with Gasteiger partial charge < -0.3 is 4.90 Å². The van der Waals surface area contributed by atoms with Crippen LogP contribution in [-0.4, -0.2) is 11.9 Å². The van der Waals surface area contributed by atoms with Gasteiger partial charge in [0.2, 0.25) is 0 Å². The van der Waals surface area contributed by atoms with Crippen molar-refractivity contribution >= 4 is 6.08 Å². The Morgan fingerprint density at radius 1 is 0.882 bits per heavy atom. The van der Waals surface area contributed by atoms with Gasteiger partial charge in [-0.1, -0.05) is 60.7 Å². The summed E-state index contributed by atoms with van der Waals surface area (Å²) in [6.45, 7) is 0.935. The van der Waals surface area contributed by atoms with E-state index in [1.54, 1.807) is 0 Å². The van der Waals surface area contributed by atoms with Crippen molar-refractivity contribution in [3.8, 4) is 0 Å². The highest BCUT2D eigenvalue weighted by molar-refractivity contribution is 5.48. The molecule has 0 fully saturated rings. The standard InChI is InChI=1S/C16H17N/c1-17(14-16-10-6-3-7-11-16)13-12-15-8-4-2-5-9-15/h2-13H,14H2,1H3/b13-12+. The zero-order chi connectivity index (χ0) is 11.9. The van der Waals surface area contributed by atoms with Gasteiger partial charge in [0.05, 0.1) is 0 Å². The Bertz CT molecular complexity index is 459. The Morgan fingerprint density at radius 3 is 2.12 bits per heavy atom. The maximum atomic E-state index is 2.18. The average molecular weight is 223 g/mol. The van der Waals surface area contributed by atoms with Crippen LogP contribution in [0.5, 0.6) is 0 Å². The van der Waals surface area contributed by atoms with Gasteiger partial charge in [-0.15, -0.1) is 0 Å². The fourth-order valence-electron chi connectivity index (χ4n) is 1.70. The summed E-state index contributed by atoms with van der Waals surface area (Å²) in [5.41, 5.74) is 2.56. The minimum atomic E-state index is 0.935. The summed E-state index contributed by atoms with van der Waals surface area (Å²) in [5, 5.41) is 0. The SMILES string of the molecule is CN(/C=C/c1ccccc1)Cc1ccccc1. The van der Waals surface area contributed by atoms with Gasteiger partial charge >= 0.3 is 0 Å². The summed E-state index contributed by atoms with van der Waals surface area (Å²) in [7, 11) is 2.09. The molecule has 0 aliphatic heterocycles. The molecule has 0 amide bonds. The second-order valence-corrected chi connectivity index (χ2v) is 4.13. The predicted molar refractivity (Wildman–Crippen MR) is 73.4 cm³/mol. The molecule has 2 aromatic carbocycles. The van der Waals surface area contributed by atoms with Gasteiger partial charge in [-0.05, 0) is 23.4 Å². The van der Waals surface area contributed by atoms with E-state index in [4.69, 9.17) is 0 Å². The van der Waals surface area contributed by atoms with Crippen LogP contribution in [0.15, 0.2) is 66.9 Å². The van der Waals surface area contributed by atoms with Crippen LogP contribution in [-0.2, 0) is 6.54 Å². The Kier molecular flexibility index (Phi) is 3.98. The summed E-state index contributed by atoms with van der Waals surface area (Å²) in [5.74, 6) is 0. The second kappa shape index (κ2) is 5.90. The molecule has 17 heavy (non-hydrogen) atoms. The van der Waals surface area contributed by atoms with Crippen LogP contribution in [0, 0.1) is 0 Å². The van der Waals surface area contributed by atoms with E-state index >= 15 is 0 Å². The van der Waals surface area contributed by atoms with Crippen molar-refractivity contribution in [3.05, 3.63) is 78.0 Å². The van der Waals surface area contributed by atoms with E-state index in [0.717, 1.165) is 6.54 Å². The lowest BCUT2D eigenvalue weighted by molar-refractivity contribution is 0.453. The zero-order valence-electron chi connectivity index (χ0n) is 10.1. The topological polar surface area (TPSA) is 3.24 Å². The molecule has 0 heterocycles. The Morgan fingerprint density at radius 2 is 1.47 bits per heavy atom. The molecule has 0 saturated carbocycles. The van der Waals surface area contributed by atoms with Crippen LogP contribution in [0.2, 0.25) is 0 Å². The van der Waals surface area contributed by atoms with Crippen LogP contribution in [0.1, 0.15) is 11.1 Å². The summed E-state index contributed by atoms with van der Waals surface area (Å²) in [6, 6.07) is 20.8. The van der Waals surface area contributed by atoms with Crippen molar-refractivity contribution < 1.29 is 0 Å². The zero-order valence-corrected chi connectivity index (χ0v) is 10.1. The van der Waals surface area contributed by atoms with E-state index in [0.29, 0.717) is 0 Å². The minimum Gasteiger partial charge on any atom is -0.376 e. The number of rotatable bonds is 4. The van der Waals surface area contributed by atoms with Gasteiger partial charge in [0.15, 0.2) is 0 Å². The van der Waals surface area contributed by atoms with E-state index in [9.17, 15) is 0 Å². The molecule has 0 aliphatic carbocycles. The van der Waals surface area contributed by atoms with Crippen LogP contribution in [0.4, 0.5) is 0 Å². The highest BCUT2D eigenvalue weighted by atomic mass is 15.1. The maximum Gasteiger partial charge on any atom is 0.0420 e. The van der Waals surface area contributed by atoms with Crippen LogP contribution in [0.3, 0.4) is 0 Å². The monoisotopic (exact) mass is 223 g/mol. The van der Waals surface area contributed by atoms with Crippen LogP contribution < -0.4 is 0 Å². The normalized spacial score (nSPS) is 10.6. The molecular formula is C16H17N. The van der Waals surface area contributed by atoms with Crippen molar-refractivity contribution in [3.63, 3.8) is 0 Å². The molecule has 2 aromatic rings. The van der Waals surface area contributed by atoms with Crippen LogP contribution >= 0.6 is 0 Å². The minimum absolute atomic E-state index is 0.935. The first kappa shape index (κ1) is 11.5. The summed E-state index contributed by atoms with van der Waals surface area (Å²) < 4.78 is 0. The van der Waals surface area contributed by atoms with Crippen molar-refractivity contribution in [2.24, 2.45) is 0 Å². The Hall–Kier alpha value is -2.02. The van der Waals surface area contributed by atoms with Crippen molar-refractivity contribution in [2.45, 2.75) is 6.54 Å². The summed E-state index contributed by atoms with van der Waals surface area (Å²) in [6.07, 6.45) is 4.24. The molecule has 0 saturated heterocycles. The molecule has 0 radical (unpaired) electrons. The van der Waals surface area contributed by atoms with Crippen LogP contribution in [0.25, 0.3) is 6.08 Å². The van der Waals surface area contributed by atoms with Crippen molar-refractivity contribution in [1.82, 2.24) is 4.90 Å². The number of hydrogen-bond acceptors (Lipinski definition) is 1. The number of nitrogens with zero attached hydrogens (tertiary/aromatic N) is 1. The predicted octanol–water partition coefficient (Wildman–Crippen LogP) is 3.79.